The molecule has 2 rings (SSSR count). The molecule has 1 heterocycles. The minimum Gasteiger partial charge on any atom is -0.333 e. The van der Waals surface area contributed by atoms with Crippen LogP contribution in [0.4, 0.5) is 8.78 Å². The molecule has 1 aromatic rings. The quantitative estimate of drug-likeness (QED) is 0.807. The average molecular weight is 324 g/mol. The lowest BCUT2D eigenvalue weighted by atomic mass is 10.2. The van der Waals surface area contributed by atoms with Crippen molar-refractivity contribution in [3.8, 4) is 0 Å². The molecule has 1 fully saturated rings. The van der Waals surface area contributed by atoms with E-state index in [1.165, 1.54) is 4.90 Å². The second-order valence-electron chi connectivity index (χ2n) is 5.78. The number of carbonyl (C=O) groups is 2. The molecule has 2 amide bonds. The van der Waals surface area contributed by atoms with Crippen molar-refractivity contribution in [3.63, 3.8) is 0 Å². The Kier molecular flexibility index (Phi) is 6.50. The Hall–Kier alpha value is -1.98. The van der Waals surface area contributed by atoms with Crippen LogP contribution in [0.5, 0.6) is 0 Å². The van der Waals surface area contributed by atoms with E-state index < -0.39 is 18.9 Å². The Bertz CT molecular complexity index is 523. The molecule has 23 heavy (non-hydrogen) atoms. The molecule has 0 atom stereocenters. The van der Waals surface area contributed by atoms with Gasteiger partial charge in [-0.1, -0.05) is 36.8 Å². The van der Waals surface area contributed by atoms with E-state index in [1.807, 2.05) is 6.07 Å². The maximum absolute atomic E-state index is 12.8. The maximum atomic E-state index is 12.8. The van der Waals surface area contributed by atoms with Gasteiger partial charge in [0.25, 0.3) is 6.43 Å². The van der Waals surface area contributed by atoms with E-state index in [9.17, 15) is 18.4 Å². The highest BCUT2D eigenvalue weighted by Gasteiger charge is 2.24. The summed E-state index contributed by atoms with van der Waals surface area (Å²) in [4.78, 5) is 27.0. The zero-order valence-corrected chi connectivity index (χ0v) is 13.1. The van der Waals surface area contributed by atoms with Crippen molar-refractivity contribution in [2.75, 3.05) is 19.6 Å². The van der Waals surface area contributed by atoms with Crippen molar-refractivity contribution in [3.05, 3.63) is 35.9 Å². The van der Waals surface area contributed by atoms with Crippen molar-refractivity contribution < 1.29 is 18.4 Å². The molecule has 0 saturated carbocycles. The fourth-order valence-electron chi connectivity index (χ4n) is 2.69. The summed E-state index contributed by atoms with van der Waals surface area (Å²) in [5.41, 5.74) is 0.795. The molecule has 0 aromatic heterocycles. The molecule has 0 radical (unpaired) electrons. The van der Waals surface area contributed by atoms with Crippen LogP contribution in [0.3, 0.4) is 0 Å². The van der Waals surface area contributed by atoms with E-state index in [1.54, 1.807) is 24.3 Å². The summed E-state index contributed by atoms with van der Waals surface area (Å²) < 4.78 is 25.6. The number of benzene rings is 1. The number of hydrogen-bond acceptors (Lipinski definition) is 2. The predicted octanol–water partition coefficient (Wildman–Crippen LogP) is 2.68. The summed E-state index contributed by atoms with van der Waals surface area (Å²) in [6.07, 6.45) is 0.477. The first-order valence-electron chi connectivity index (χ1n) is 7.94. The summed E-state index contributed by atoms with van der Waals surface area (Å²) in [6, 6.07) is 9.03. The summed E-state index contributed by atoms with van der Waals surface area (Å²) in [5, 5.41) is 0. The third kappa shape index (κ3) is 5.62. The molecule has 6 heteroatoms. The van der Waals surface area contributed by atoms with Crippen LogP contribution in [0.25, 0.3) is 0 Å². The van der Waals surface area contributed by atoms with Gasteiger partial charge >= 0.3 is 0 Å². The number of amides is 2. The van der Waals surface area contributed by atoms with Crippen molar-refractivity contribution in [1.29, 1.82) is 0 Å². The molecular formula is C17H22F2N2O2. The maximum Gasteiger partial charge on any atom is 0.255 e. The SMILES string of the molecule is O=C1CCCCCN1CC(=O)N(Cc1ccccc1)CC(F)F. The fourth-order valence-corrected chi connectivity index (χ4v) is 2.69. The zero-order valence-electron chi connectivity index (χ0n) is 13.1. The number of hydrogen-bond donors (Lipinski definition) is 0. The summed E-state index contributed by atoms with van der Waals surface area (Å²) in [7, 11) is 0. The van der Waals surface area contributed by atoms with Crippen molar-refractivity contribution in [1.82, 2.24) is 9.80 Å². The van der Waals surface area contributed by atoms with Gasteiger partial charge in [-0.15, -0.1) is 0 Å². The Balaban J connectivity index is 2.02. The lowest BCUT2D eigenvalue weighted by Gasteiger charge is -2.27. The monoisotopic (exact) mass is 324 g/mol. The lowest BCUT2D eigenvalue weighted by molar-refractivity contribution is -0.141. The van der Waals surface area contributed by atoms with Crippen LogP contribution in [0.1, 0.15) is 31.2 Å². The van der Waals surface area contributed by atoms with E-state index in [-0.39, 0.29) is 19.0 Å². The lowest BCUT2D eigenvalue weighted by Crippen LogP contribution is -2.44. The average Bonchev–Trinajstić information content (AvgIpc) is 2.72. The number of halogens is 2. The zero-order chi connectivity index (χ0) is 16.7. The third-order valence-corrected chi connectivity index (χ3v) is 3.92. The van der Waals surface area contributed by atoms with Crippen LogP contribution in [-0.4, -0.2) is 47.7 Å². The van der Waals surface area contributed by atoms with E-state index in [0.29, 0.717) is 13.0 Å². The first-order valence-corrected chi connectivity index (χ1v) is 7.94. The Morgan fingerprint density at radius 1 is 1.17 bits per heavy atom. The van der Waals surface area contributed by atoms with Crippen molar-refractivity contribution >= 4 is 11.8 Å². The number of carbonyl (C=O) groups excluding carboxylic acids is 2. The normalized spacial score (nSPS) is 15.6. The second-order valence-corrected chi connectivity index (χ2v) is 5.78. The van der Waals surface area contributed by atoms with Gasteiger partial charge in [0.15, 0.2) is 0 Å². The van der Waals surface area contributed by atoms with Gasteiger partial charge < -0.3 is 9.80 Å². The van der Waals surface area contributed by atoms with Gasteiger partial charge in [-0.2, -0.15) is 0 Å². The third-order valence-electron chi connectivity index (χ3n) is 3.92. The van der Waals surface area contributed by atoms with Gasteiger partial charge in [0.1, 0.15) is 0 Å². The van der Waals surface area contributed by atoms with E-state index in [4.69, 9.17) is 0 Å². The van der Waals surface area contributed by atoms with Crippen molar-refractivity contribution in [2.45, 2.75) is 38.7 Å². The fraction of sp³-hybridized carbons (Fsp3) is 0.529. The predicted molar refractivity (Wildman–Crippen MR) is 82.9 cm³/mol. The summed E-state index contributed by atoms with van der Waals surface area (Å²) >= 11 is 0. The highest BCUT2D eigenvalue weighted by molar-refractivity contribution is 5.85. The smallest absolute Gasteiger partial charge is 0.255 e. The van der Waals surface area contributed by atoms with Crippen LogP contribution < -0.4 is 0 Å². The number of alkyl halides is 2. The standard InChI is InChI=1S/C17H22F2N2O2/c18-15(19)12-21(11-14-7-3-1-4-8-14)17(23)13-20-10-6-2-5-9-16(20)22/h1,3-4,7-8,15H,2,5-6,9-13H2. The van der Waals surface area contributed by atoms with Gasteiger partial charge in [-0.3, -0.25) is 9.59 Å². The Labute approximate surface area is 135 Å². The molecule has 0 aliphatic carbocycles. The molecular weight excluding hydrogens is 302 g/mol. The largest absolute Gasteiger partial charge is 0.333 e. The molecule has 1 aliphatic heterocycles. The van der Waals surface area contributed by atoms with E-state index in [2.05, 4.69) is 0 Å². The van der Waals surface area contributed by atoms with Gasteiger partial charge in [-0.05, 0) is 18.4 Å². The molecule has 1 saturated heterocycles. The number of nitrogens with zero attached hydrogens (tertiary/aromatic N) is 2. The number of rotatable bonds is 6. The van der Waals surface area contributed by atoms with Gasteiger partial charge in [0.2, 0.25) is 11.8 Å². The Morgan fingerprint density at radius 2 is 1.91 bits per heavy atom. The minimum atomic E-state index is -2.59. The Morgan fingerprint density at radius 3 is 2.61 bits per heavy atom. The first kappa shape index (κ1) is 17.4. The molecule has 4 nitrogen and oxygen atoms in total. The minimum absolute atomic E-state index is 0.0624. The first-order chi connectivity index (χ1) is 11.1. The van der Waals surface area contributed by atoms with Gasteiger partial charge in [0, 0.05) is 19.5 Å². The molecule has 0 unspecified atom stereocenters. The van der Waals surface area contributed by atoms with E-state index in [0.717, 1.165) is 29.7 Å². The van der Waals surface area contributed by atoms with Crippen LogP contribution in [0.15, 0.2) is 30.3 Å². The summed E-state index contributed by atoms with van der Waals surface area (Å²) in [5.74, 6) is -0.489. The summed E-state index contributed by atoms with van der Waals surface area (Å²) in [6.45, 7) is -0.0708. The second kappa shape index (κ2) is 8.60. The molecule has 126 valence electrons. The highest BCUT2D eigenvalue weighted by Crippen LogP contribution is 2.13. The number of likely N-dealkylation sites (tertiary alicyclic amines) is 1. The van der Waals surface area contributed by atoms with Gasteiger partial charge in [-0.25, -0.2) is 8.78 Å². The molecule has 1 aliphatic rings. The topological polar surface area (TPSA) is 40.6 Å². The van der Waals surface area contributed by atoms with Crippen molar-refractivity contribution in [2.24, 2.45) is 0 Å². The van der Waals surface area contributed by atoms with E-state index >= 15 is 0 Å². The molecule has 0 N–H and O–H groups in total. The highest BCUT2D eigenvalue weighted by atomic mass is 19.3. The molecule has 0 spiro atoms. The molecule has 0 bridgehead atoms. The van der Waals surface area contributed by atoms with Crippen LogP contribution in [-0.2, 0) is 16.1 Å². The van der Waals surface area contributed by atoms with Crippen LogP contribution >= 0.6 is 0 Å². The van der Waals surface area contributed by atoms with Crippen LogP contribution in [0.2, 0.25) is 0 Å². The van der Waals surface area contributed by atoms with Gasteiger partial charge in [0.05, 0.1) is 13.1 Å². The molecule has 1 aromatic carbocycles. The van der Waals surface area contributed by atoms with Crippen LogP contribution in [0, 0.1) is 0 Å².